The van der Waals surface area contributed by atoms with Crippen LogP contribution in [-0.2, 0) is 11.2 Å². The average Bonchev–Trinajstić information content (AvgIpc) is 2.90. The molecule has 2 aliphatic rings. The van der Waals surface area contributed by atoms with E-state index >= 15 is 0 Å². The molecule has 0 saturated carbocycles. The highest BCUT2D eigenvalue weighted by molar-refractivity contribution is 5.86. The number of aryl methyl sites for hydroxylation is 1. The van der Waals surface area contributed by atoms with Crippen molar-refractivity contribution in [1.82, 2.24) is 4.90 Å². The first-order chi connectivity index (χ1) is 10.1. The summed E-state index contributed by atoms with van der Waals surface area (Å²) >= 11 is 0. The molecule has 0 bridgehead atoms. The molecule has 0 spiro atoms. The van der Waals surface area contributed by atoms with E-state index in [2.05, 4.69) is 6.07 Å². The molecule has 1 heterocycles. The summed E-state index contributed by atoms with van der Waals surface area (Å²) in [7, 11) is 1.66. The van der Waals surface area contributed by atoms with E-state index in [0.29, 0.717) is 19.4 Å². The Morgan fingerprint density at radius 1 is 1.38 bits per heavy atom. The first kappa shape index (κ1) is 14.4. The number of likely N-dealkylation sites (tertiary alicyclic amines) is 1. The van der Waals surface area contributed by atoms with E-state index in [9.17, 15) is 9.90 Å². The van der Waals surface area contributed by atoms with Crippen LogP contribution in [0, 0.1) is 0 Å². The van der Waals surface area contributed by atoms with Crippen LogP contribution in [0.4, 0.5) is 0 Å². The van der Waals surface area contributed by atoms with E-state index in [-0.39, 0.29) is 24.0 Å². The first-order valence-corrected chi connectivity index (χ1v) is 7.76. The number of rotatable bonds is 2. The van der Waals surface area contributed by atoms with Crippen LogP contribution in [-0.4, -0.2) is 41.7 Å². The normalized spacial score (nSPS) is 28.3. The predicted molar refractivity (Wildman–Crippen MR) is 80.5 cm³/mol. The van der Waals surface area contributed by atoms with Crippen molar-refractivity contribution in [3.05, 3.63) is 29.3 Å². The molecule has 0 aromatic heterocycles. The van der Waals surface area contributed by atoms with Gasteiger partial charge in [-0.3, -0.25) is 4.79 Å². The molecule has 4 nitrogen and oxygen atoms in total. The van der Waals surface area contributed by atoms with Gasteiger partial charge < -0.3 is 14.7 Å². The number of hydrogen-bond acceptors (Lipinski definition) is 3. The van der Waals surface area contributed by atoms with Gasteiger partial charge in [0.15, 0.2) is 0 Å². The predicted octanol–water partition coefficient (Wildman–Crippen LogP) is 2.10. The number of carbonyl (C=O) groups excluding carboxylic acids is 1. The van der Waals surface area contributed by atoms with E-state index < -0.39 is 0 Å². The third kappa shape index (κ3) is 2.53. The minimum atomic E-state index is -0.269. The third-order valence-electron chi connectivity index (χ3n) is 4.86. The number of amides is 1. The standard InChI is InChI=1S/C17H23NO3/c1-11-10-13(19)8-9-18(11)17(20)14-7-6-12-4-3-5-15(21-2)16(12)14/h3-5,11,13-14,19H,6-10H2,1-2H3/t11-,13-,14?/m1/s1. The molecule has 3 rings (SSSR count). The number of methoxy groups -OCH3 is 1. The van der Waals surface area contributed by atoms with Gasteiger partial charge in [-0.05, 0) is 44.2 Å². The van der Waals surface area contributed by atoms with Gasteiger partial charge in [0.05, 0.1) is 19.1 Å². The molecule has 1 unspecified atom stereocenters. The van der Waals surface area contributed by atoms with E-state index in [0.717, 1.165) is 24.2 Å². The van der Waals surface area contributed by atoms with Crippen molar-refractivity contribution in [2.45, 2.75) is 50.7 Å². The largest absolute Gasteiger partial charge is 0.496 e. The minimum absolute atomic E-state index is 0.0890. The van der Waals surface area contributed by atoms with E-state index in [4.69, 9.17) is 4.74 Å². The maximum absolute atomic E-state index is 12.9. The molecule has 3 atom stereocenters. The molecule has 114 valence electrons. The second-order valence-corrected chi connectivity index (χ2v) is 6.18. The Hall–Kier alpha value is -1.55. The second kappa shape index (κ2) is 5.68. The molecule has 4 heteroatoms. The fraction of sp³-hybridized carbons (Fsp3) is 0.588. The maximum Gasteiger partial charge on any atom is 0.230 e. The Balaban J connectivity index is 1.85. The van der Waals surface area contributed by atoms with Gasteiger partial charge >= 0.3 is 0 Å². The van der Waals surface area contributed by atoms with E-state index in [1.54, 1.807) is 7.11 Å². The van der Waals surface area contributed by atoms with Crippen LogP contribution >= 0.6 is 0 Å². The molecule has 1 N–H and O–H groups in total. The van der Waals surface area contributed by atoms with Crippen LogP contribution in [0.25, 0.3) is 0 Å². The van der Waals surface area contributed by atoms with Gasteiger partial charge in [-0.15, -0.1) is 0 Å². The van der Waals surface area contributed by atoms with Crippen LogP contribution < -0.4 is 4.74 Å². The monoisotopic (exact) mass is 289 g/mol. The van der Waals surface area contributed by atoms with Crippen LogP contribution in [0.1, 0.15) is 43.2 Å². The van der Waals surface area contributed by atoms with Crippen molar-refractivity contribution in [2.75, 3.05) is 13.7 Å². The molecule has 0 radical (unpaired) electrons. The van der Waals surface area contributed by atoms with Crippen LogP contribution in [0.5, 0.6) is 5.75 Å². The number of piperidine rings is 1. The number of carbonyl (C=O) groups is 1. The summed E-state index contributed by atoms with van der Waals surface area (Å²) in [4.78, 5) is 14.9. The Morgan fingerprint density at radius 3 is 2.90 bits per heavy atom. The Labute approximate surface area is 125 Å². The number of aliphatic hydroxyl groups is 1. The van der Waals surface area contributed by atoms with Gasteiger partial charge in [-0.1, -0.05) is 12.1 Å². The number of ether oxygens (including phenoxy) is 1. The Kier molecular flexibility index (Phi) is 3.89. The maximum atomic E-state index is 12.9. The topological polar surface area (TPSA) is 49.8 Å². The van der Waals surface area contributed by atoms with Gasteiger partial charge in [0, 0.05) is 18.2 Å². The van der Waals surface area contributed by atoms with Gasteiger partial charge in [-0.25, -0.2) is 0 Å². The van der Waals surface area contributed by atoms with Crippen LogP contribution in [0.15, 0.2) is 18.2 Å². The molecule has 21 heavy (non-hydrogen) atoms. The van der Waals surface area contributed by atoms with Crippen LogP contribution in [0.2, 0.25) is 0 Å². The Morgan fingerprint density at radius 2 is 2.19 bits per heavy atom. The number of fused-ring (bicyclic) bond motifs is 1. The molecular weight excluding hydrogens is 266 g/mol. The minimum Gasteiger partial charge on any atom is -0.496 e. The summed E-state index contributed by atoms with van der Waals surface area (Å²) in [5.41, 5.74) is 2.31. The summed E-state index contributed by atoms with van der Waals surface area (Å²) < 4.78 is 5.46. The second-order valence-electron chi connectivity index (χ2n) is 6.18. The van der Waals surface area contributed by atoms with Crippen molar-refractivity contribution in [3.63, 3.8) is 0 Å². The molecule has 1 aliphatic carbocycles. The fourth-order valence-corrected chi connectivity index (χ4v) is 3.75. The van der Waals surface area contributed by atoms with E-state index in [1.807, 2.05) is 24.0 Å². The zero-order chi connectivity index (χ0) is 15.0. The quantitative estimate of drug-likeness (QED) is 0.907. The number of aliphatic hydroxyl groups excluding tert-OH is 1. The van der Waals surface area contributed by atoms with Gasteiger partial charge in [0.1, 0.15) is 5.75 Å². The van der Waals surface area contributed by atoms with Gasteiger partial charge in [0.2, 0.25) is 5.91 Å². The van der Waals surface area contributed by atoms with Gasteiger partial charge in [-0.2, -0.15) is 0 Å². The molecular formula is C17H23NO3. The lowest BCUT2D eigenvalue weighted by Gasteiger charge is -2.37. The summed E-state index contributed by atoms with van der Waals surface area (Å²) in [6, 6.07) is 6.13. The number of nitrogens with zero attached hydrogens (tertiary/aromatic N) is 1. The molecule has 1 aromatic rings. The highest BCUT2D eigenvalue weighted by Gasteiger charge is 2.37. The summed E-state index contributed by atoms with van der Waals surface area (Å²) in [6.45, 7) is 2.68. The zero-order valence-electron chi connectivity index (χ0n) is 12.7. The summed E-state index contributed by atoms with van der Waals surface area (Å²) in [5, 5.41) is 9.73. The van der Waals surface area contributed by atoms with Gasteiger partial charge in [0.25, 0.3) is 0 Å². The highest BCUT2D eigenvalue weighted by atomic mass is 16.5. The van der Waals surface area contributed by atoms with Crippen molar-refractivity contribution in [2.24, 2.45) is 0 Å². The average molecular weight is 289 g/mol. The zero-order valence-corrected chi connectivity index (χ0v) is 12.7. The number of hydrogen-bond donors (Lipinski definition) is 1. The molecule has 1 fully saturated rings. The van der Waals surface area contributed by atoms with E-state index in [1.165, 1.54) is 5.56 Å². The van der Waals surface area contributed by atoms with Crippen molar-refractivity contribution >= 4 is 5.91 Å². The van der Waals surface area contributed by atoms with Crippen molar-refractivity contribution in [3.8, 4) is 5.75 Å². The molecule has 1 aliphatic heterocycles. The highest BCUT2D eigenvalue weighted by Crippen LogP contribution is 2.41. The lowest BCUT2D eigenvalue weighted by atomic mass is 9.94. The Bertz CT molecular complexity index is 543. The lowest BCUT2D eigenvalue weighted by Crippen LogP contribution is -2.47. The smallest absolute Gasteiger partial charge is 0.230 e. The van der Waals surface area contributed by atoms with Crippen molar-refractivity contribution in [1.29, 1.82) is 0 Å². The van der Waals surface area contributed by atoms with Crippen molar-refractivity contribution < 1.29 is 14.6 Å². The number of benzene rings is 1. The summed E-state index contributed by atoms with van der Waals surface area (Å²) in [6.07, 6.45) is 2.89. The molecule has 1 saturated heterocycles. The molecule has 1 aromatic carbocycles. The first-order valence-electron chi connectivity index (χ1n) is 7.76. The van der Waals surface area contributed by atoms with Crippen LogP contribution in [0.3, 0.4) is 0 Å². The molecule has 1 amide bonds. The fourth-order valence-electron chi connectivity index (χ4n) is 3.75. The third-order valence-corrected chi connectivity index (χ3v) is 4.86. The summed E-state index contributed by atoms with van der Waals surface area (Å²) in [5.74, 6) is 0.930. The lowest BCUT2D eigenvalue weighted by molar-refractivity contribution is -0.137. The SMILES string of the molecule is COc1cccc2c1C(C(=O)N1CC[C@@H](O)C[C@H]1C)CC2.